The third-order valence-corrected chi connectivity index (χ3v) is 5.65. The Labute approximate surface area is 176 Å². The molecule has 0 saturated carbocycles. The van der Waals surface area contributed by atoms with Crippen molar-refractivity contribution in [2.24, 2.45) is 0 Å². The highest BCUT2D eigenvalue weighted by atomic mass is 32.2. The summed E-state index contributed by atoms with van der Waals surface area (Å²) in [6, 6.07) is 15.2. The van der Waals surface area contributed by atoms with Crippen LogP contribution in [0.1, 0.15) is 22.6 Å². The van der Waals surface area contributed by atoms with Crippen LogP contribution in [0, 0.1) is 13.8 Å². The van der Waals surface area contributed by atoms with Crippen molar-refractivity contribution in [1.29, 1.82) is 0 Å². The fourth-order valence-electron chi connectivity index (χ4n) is 2.81. The maximum atomic E-state index is 12.3. The van der Waals surface area contributed by atoms with Gasteiger partial charge in [-0.2, -0.15) is 9.29 Å². The molecule has 0 fully saturated rings. The minimum Gasteiger partial charge on any atom is -0.346 e. The lowest BCUT2D eigenvalue weighted by Crippen LogP contribution is -2.39. The molecular formula is C21H24N4O4S. The van der Waals surface area contributed by atoms with E-state index in [-0.39, 0.29) is 25.5 Å². The van der Waals surface area contributed by atoms with Crippen molar-refractivity contribution in [2.75, 3.05) is 12.8 Å². The molecule has 1 heterocycles. The maximum Gasteiger partial charge on any atom is 0.246 e. The normalized spacial score (nSPS) is 11.6. The van der Waals surface area contributed by atoms with Crippen LogP contribution in [0.25, 0.3) is 11.4 Å². The molecule has 158 valence electrons. The third kappa shape index (κ3) is 5.98. The average molecular weight is 429 g/mol. The van der Waals surface area contributed by atoms with Crippen molar-refractivity contribution in [3.63, 3.8) is 0 Å². The van der Waals surface area contributed by atoms with Crippen LogP contribution in [-0.2, 0) is 27.9 Å². The minimum atomic E-state index is -3.57. The number of rotatable bonds is 8. The van der Waals surface area contributed by atoms with Gasteiger partial charge in [-0.25, -0.2) is 8.42 Å². The zero-order chi connectivity index (χ0) is 21.7. The standard InChI is InChI=1S/C21H24N4O4S/c1-15-7-9-17(10-8-15)13-25(30(3,27)28)14-19(26)22-12-20-23-21(24-29-20)18-6-4-5-16(2)11-18/h4-11H,12-14H2,1-3H3,(H,22,26). The van der Waals surface area contributed by atoms with Crippen LogP contribution in [-0.4, -0.2) is 41.6 Å². The molecule has 0 bridgehead atoms. The highest BCUT2D eigenvalue weighted by Gasteiger charge is 2.21. The molecule has 1 N–H and O–H groups in total. The van der Waals surface area contributed by atoms with Gasteiger partial charge in [0.2, 0.25) is 27.6 Å². The molecular weight excluding hydrogens is 404 g/mol. The Balaban J connectivity index is 1.60. The van der Waals surface area contributed by atoms with E-state index in [4.69, 9.17) is 4.52 Å². The summed E-state index contributed by atoms with van der Waals surface area (Å²) in [7, 11) is -3.57. The molecule has 0 atom stereocenters. The number of sulfonamides is 1. The Bertz CT molecular complexity index is 1120. The van der Waals surface area contributed by atoms with Crippen molar-refractivity contribution < 1.29 is 17.7 Å². The van der Waals surface area contributed by atoms with E-state index >= 15 is 0 Å². The van der Waals surface area contributed by atoms with E-state index in [1.807, 2.05) is 62.4 Å². The SMILES string of the molecule is Cc1ccc(CN(CC(=O)NCc2nc(-c3cccc(C)c3)no2)S(C)(=O)=O)cc1. The molecule has 0 spiro atoms. The molecule has 0 aliphatic carbocycles. The molecule has 0 saturated heterocycles. The van der Waals surface area contributed by atoms with Crippen molar-refractivity contribution >= 4 is 15.9 Å². The summed E-state index contributed by atoms with van der Waals surface area (Å²) in [6.07, 6.45) is 1.08. The maximum absolute atomic E-state index is 12.3. The molecule has 1 amide bonds. The molecule has 0 unspecified atom stereocenters. The second-order valence-electron chi connectivity index (χ2n) is 7.17. The van der Waals surface area contributed by atoms with Crippen LogP contribution in [0.2, 0.25) is 0 Å². The Kier molecular flexibility index (Phi) is 6.63. The van der Waals surface area contributed by atoms with Crippen molar-refractivity contribution in [1.82, 2.24) is 19.8 Å². The van der Waals surface area contributed by atoms with Crippen LogP contribution in [0.15, 0.2) is 53.1 Å². The van der Waals surface area contributed by atoms with Gasteiger partial charge in [-0.3, -0.25) is 4.79 Å². The quantitative estimate of drug-likeness (QED) is 0.591. The molecule has 0 aliphatic rings. The first-order chi connectivity index (χ1) is 14.2. The molecule has 9 heteroatoms. The average Bonchev–Trinajstić information content (AvgIpc) is 3.16. The number of aromatic nitrogens is 2. The Morgan fingerprint density at radius 2 is 1.83 bits per heavy atom. The summed E-state index contributed by atoms with van der Waals surface area (Å²) in [6.45, 7) is 3.75. The third-order valence-electron chi connectivity index (χ3n) is 4.45. The number of aryl methyl sites for hydroxylation is 2. The molecule has 30 heavy (non-hydrogen) atoms. The van der Waals surface area contributed by atoms with Gasteiger partial charge >= 0.3 is 0 Å². The van der Waals surface area contributed by atoms with Crippen LogP contribution in [0.5, 0.6) is 0 Å². The van der Waals surface area contributed by atoms with Crippen molar-refractivity contribution in [3.05, 3.63) is 71.1 Å². The van der Waals surface area contributed by atoms with Gasteiger partial charge in [-0.05, 0) is 25.5 Å². The Hall–Kier alpha value is -3.04. The highest BCUT2D eigenvalue weighted by molar-refractivity contribution is 7.88. The summed E-state index contributed by atoms with van der Waals surface area (Å²) in [4.78, 5) is 16.6. The first-order valence-corrected chi connectivity index (χ1v) is 11.2. The number of amides is 1. The smallest absolute Gasteiger partial charge is 0.246 e. The molecule has 2 aromatic carbocycles. The van der Waals surface area contributed by atoms with Gasteiger partial charge in [0.05, 0.1) is 19.3 Å². The van der Waals surface area contributed by atoms with Gasteiger partial charge in [-0.1, -0.05) is 58.7 Å². The second kappa shape index (κ2) is 9.19. The first-order valence-electron chi connectivity index (χ1n) is 9.38. The van der Waals surface area contributed by atoms with E-state index in [1.165, 1.54) is 0 Å². The predicted octanol–water partition coefficient (Wildman–Crippen LogP) is 2.43. The largest absolute Gasteiger partial charge is 0.346 e. The highest BCUT2D eigenvalue weighted by Crippen LogP contribution is 2.17. The molecule has 3 rings (SSSR count). The Morgan fingerprint density at radius 3 is 2.50 bits per heavy atom. The molecule has 8 nitrogen and oxygen atoms in total. The Morgan fingerprint density at radius 1 is 1.10 bits per heavy atom. The van der Waals surface area contributed by atoms with Gasteiger partial charge in [0.1, 0.15) is 0 Å². The number of carbonyl (C=O) groups excluding carboxylic acids is 1. The van der Waals surface area contributed by atoms with Crippen LogP contribution in [0.3, 0.4) is 0 Å². The lowest BCUT2D eigenvalue weighted by Gasteiger charge is -2.19. The molecule has 1 aromatic heterocycles. The number of hydrogen-bond acceptors (Lipinski definition) is 6. The number of carbonyl (C=O) groups is 1. The predicted molar refractivity (Wildman–Crippen MR) is 113 cm³/mol. The topological polar surface area (TPSA) is 105 Å². The van der Waals surface area contributed by atoms with Gasteiger partial charge < -0.3 is 9.84 Å². The van der Waals surface area contributed by atoms with E-state index in [0.717, 1.165) is 32.8 Å². The molecule has 0 radical (unpaired) electrons. The van der Waals surface area contributed by atoms with E-state index < -0.39 is 15.9 Å². The number of benzene rings is 2. The molecule has 3 aromatic rings. The minimum absolute atomic E-state index is 0.0137. The van der Waals surface area contributed by atoms with E-state index in [2.05, 4.69) is 15.5 Å². The second-order valence-corrected chi connectivity index (χ2v) is 9.16. The summed E-state index contributed by atoms with van der Waals surface area (Å²) in [5, 5.41) is 6.56. The van der Waals surface area contributed by atoms with Crippen molar-refractivity contribution in [3.8, 4) is 11.4 Å². The molecule has 0 aliphatic heterocycles. The van der Waals surface area contributed by atoms with E-state index in [0.29, 0.717) is 5.82 Å². The monoisotopic (exact) mass is 428 g/mol. The number of nitrogens with one attached hydrogen (secondary N) is 1. The summed E-state index contributed by atoms with van der Waals surface area (Å²) >= 11 is 0. The fraction of sp³-hybridized carbons (Fsp3) is 0.286. The lowest BCUT2D eigenvalue weighted by atomic mass is 10.1. The van der Waals surface area contributed by atoms with E-state index in [1.54, 1.807) is 0 Å². The first kappa shape index (κ1) is 21.7. The number of nitrogens with zero attached hydrogens (tertiary/aromatic N) is 3. The van der Waals surface area contributed by atoms with Crippen molar-refractivity contribution in [2.45, 2.75) is 26.9 Å². The lowest BCUT2D eigenvalue weighted by molar-refractivity contribution is -0.121. The summed E-state index contributed by atoms with van der Waals surface area (Å²) in [5.74, 6) is 0.215. The van der Waals surface area contributed by atoms with E-state index in [9.17, 15) is 13.2 Å². The zero-order valence-electron chi connectivity index (χ0n) is 17.1. The van der Waals surface area contributed by atoms with Crippen LogP contribution >= 0.6 is 0 Å². The fourth-order valence-corrected chi connectivity index (χ4v) is 3.54. The van der Waals surface area contributed by atoms with Gasteiger partial charge in [0.15, 0.2) is 0 Å². The number of hydrogen-bond donors (Lipinski definition) is 1. The zero-order valence-corrected chi connectivity index (χ0v) is 17.9. The van der Waals surface area contributed by atoms with Crippen LogP contribution in [0.4, 0.5) is 0 Å². The van der Waals surface area contributed by atoms with Crippen LogP contribution < -0.4 is 5.32 Å². The van der Waals surface area contributed by atoms with Gasteiger partial charge in [0, 0.05) is 12.1 Å². The summed E-state index contributed by atoms with van der Waals surface area (Å²) in [5.41, 5.74) is 3.77. The van der Waals surface area contributed by atoms with Gasteiger partial charge in [-0.15, -0.1) is 0 Å². The summed E-state index contributed by atoms with van der Waals surface area (Å²) < 4.78 is 30.5. The van der Waals surface area contributed by atoms with Gasteiger partial charge in [0.25, 0.3) is 0 Å².